The molecule has 118 valence electrons. The predicted molar refractivity (Wildman–Crippen MR) is 84.7 cm³/mol. The van der Waals surface area contributed by atoms with Crippen LogP contribution < -0.4 is 5.32 Å². The van der Waals surface area contributed by atoms with Gasteiger partial charge in [0.15, 0.2) is 5.16 Å². The number of thioether (sulfide) groups is 1. The van der Waals surface area contributed by atoms with E-state index in [1.165, 1.54) is 37.9 Å². The summed E-state index contributed by atoms with van der Waals surface area (Å²) in [7, 11) is 0. The summed E-state index contributed by atoms with van der Waals surface area (Å²) < 4.78 is 7.96. The number of hydrogen-bond donors (Lipinski definition) is 1. The maximum absolute atomic E-state index is 5.63. The van der Waals surface area contributed by atoms with Crippen LogP contribution in [0.25, 0.3) is 0 Å². The first kappa shape index (κ1) is 15.3. The van der Waals surface area contributed by atoms with Gasteiger partial charge in [-0.2, -0.15) is 0 Å². The van der Waals surface area contributed by atoms with E-state index in [4.69, 9.17) is 4.74 Å². The predicted octanol–water partition coefficient (Wildman–Crippen LogP) is 2.25. The second kappa shape index (κ2) is 7.61. The number of nitrogens with one attached hydrogen (secondary N) is 1. The third kappa shape index (κ3) is 4.20. The van der Waals surface area contributed by atoms with Crippen molar-refractivity contribution >= 4 is 11.8 Å². The molecular weight excluding hydrogens is 284 g/mol. The number of aromatic nitrogens is 3. The summed E-state index contributed by atoms with van der Waals surface area (Å²) in [6.07, 6.45) is 7.73. The van der Waals surface area contributed by atoms with E-state index in [1.807, 2.05) is 11.8 Å². The third-order valence-corrected chi connectivity index (χ3v) is 5.29. The van der Waals surface area contributed by atoms with E-state index in [1.54, 1.807) is 0 Å². The molecule has 0 amide bonds. The standard InChI is InChI=1S/C15H26N4OS/c1-12(10-16-11-13-6-5-9-20-13)21-15-18-17-14-7-3-2-4-8-19(14)15/h12-13,16H,2-11H2,1H3. The van der Waals surface area contributed by atoms with E-state index in [9.17, 15) is 0 Å². The number of hydrogen-bond acceptors (Lipinski definition) is 5. The normalized spacial score (nSPS) is 23.8. The van der Waals surface area contributed by atoms with Crippen LogP contribution in [-0.4, -0.2) is 45.8 Å². The summed E-state index contributed by atoms with van der Waals surface area (Å²) in [6.45, 7) is 6.24. The highest BCUT2D eigenvalue weighted by Crippen LogP contribution is 2.24. The number of rotatable bonds is 6. The summed E-state index contributed by atoms with van der Waals surface area (Å²) >= 11 is 1.84. The van der Waals surface area contributed by atoms with Crippen molar-refractivity contribution in [3.63, 3.8) is 0 Å². The molecule has 1 aromatic heterocycles. The summed E-state index contributed by atoms with van der Waals surface area (Å²) in [5.74, 6) is 1.18. The maximum Gasteiger partial charge on any atom is 0.191 e. The molecular formula is C15H26N4OS. The molecule has 0 aromatic carbocycles. The molecule has 1 saturated heterocycles. The van der Waals surface area contributed by atoms with E-state index < -0.39 is 0 Å². The molecule has 21 heavy (non-hydrogen) atoms. The minimum Gasteiger partial charge on any atom is -0.377 e. The zero-order valence-electron chi connectivity index (χ0n) is 12.9. The van der Waals surface area contributed by atoms with Gasteiger partial charge in [0, 0.05) is 37.9 Å². The van der Waals surface area contributed by atoms with Gasteiger partial charge in [0.2, 0.25) is 0 Å². The molecule has 0 spiro atoms. The summed E-state index contributed by atoms with van der Waals surface area (Å²) in [6, 6.07) is 0. The molecule has 3 heterocycles. The number of fused-ring (bicyclic) bond motifs is 1. The second-order valence-corrected chi connectivity index (χ2v) is 7.49. The van der Waals surface area contributed by atoms with Crippen LogP contribution in [0.5, 0.6) is 0 Å². The number of ether oxygens (including phenoxy) is 1. The fourth-order valence-electron chi connectivity index (χ4n) is 3.02. The zero-order valence-corrected chi connectivity index (χ0v) is 13.7. The second-order valence-electron chi connectivity index (χ2n) is 6.08. The van der Waals surface area contributed by atoms with Crippen molar-refractivity contribution in [3.05, 3.63) is 5.82 Å². The van der Waals surface area contributed by atoms with Crippen LogP contribution in [0.15, 0.2) is 5.16 Å². The fourth-order valence-corrected chi connectivity index (χ4v) is 3.99. The monoisotopic (exact) mass is 310 g/mol. The average molecular weight is 310 g/mol. The Hall–Kier alpha value is -0.590. The van der Waals surface area contributed by atoms with Crippen molar-refractivity contribution in [1.29, 1.82) is 0 Å². The Morgan fingerprint density at radius 3 is 3.14 bits per heavy atom. The Balaban J connectivity index is 1.46. The molecule has 0 aliphatic carbocycles. The lowest BCUT2D eigenvalue weighted by Crippen LogP contribution is -2.30. The first-order valence-corrected chi connectivity index (χ1v) is 9.12. The van der Waals surface area contributed by atoms with Gasteiger partial charge in [0.1, 0.15) is 5.82 Å². The van der Waals surface area contributed by atoms with Gasteiger partial charge in [-0.05, 0) is 25.7 Å². The molecule has 3 rings (SSSR count). The lowest BCUT2D eigenvalue weighted by atomic mass is 10.2. The number of aryl methyl sites for hydroxylation is 1. The lowest BCUT2D eigenvalue weighted by molar-refractivity contribution is 0.110. The minimum absolute atomic E-state index is 0.423. The molecule has 0 bridgehead atoms. The van der Waals surface area contributed by atoms with Crippen LogP contribution in [0.4, 0.5) is 0 Å². The minimum atomic E-state index is 0.423. The van der Waals surface area contributed by atoms with Crippen molar-refractivity contribution in [1.82, 2.24) is 20.1 Å². The molecule has 6 heteroatoms. The summed E-state index contributed by atoms with van der Waals surface area (Å²) in [5.41, 5.74) is 0. The Morgan fingerprint density at radius 2 is 2.29 bits per heavy atom. The molecule has 0 saturated carbocycles. The van der Waals surface area contributed by atoms with Crippen molar-refractivity contribution < 1.29 is 4.74 Å². The highest BCUT2D eigenvalue weighted by Gasteiger charge is 2.18. The molecule has 2 aliphatic rings. The molecule has 1 aromatic rings. The fraction of sp³-hybridized carbons (Fsp3) is 0.867. The van der Waals surface area contributed by atoms with Crippen LogP contribution in [0.3, 0.4) is 0 Å². The van der Waals surface area contributed by atoms with Crippen molar-refractivity contribution in [2.24, 2.45) is 0 Å². The van der Waals surface area contributed by atoms with Gasteiger partial charge in [-0.3, -0.25) is 0 Å². The van der Waals surface area contributed by atoms with Gasteiger partial charge in [0.05, 0.1) is 6.10 Å². The largest absolute Gasteiger partial charge is 0.377 e. The van der Waals surface area contributed by atoms with Gasteiger partial charge in [-0.1, -0.05) is 25.1 Å². The first-order valence-electron chi connectivity index (χ1n) is 8.24. The Labute approximate surface area is 131 Å². The summed E-state index contributed by atoms with van der Waals surface area (Å²) in [5, 5.41) is 13.9. The van der Waals surface area contributed by atoms with Crippen molar-refractivity contribution in [2.75, 3.05) is 19.7 Å². The highest BCUT2D eigenvalue weighted by atomic mass is 32.2. The molecule has 2 atom stereocenters. The molecule has 1 fully saturated rings. The van der Waals surface area contributed by atoms with Crippen LogP contribution >= 0.6 is 11.8 Å². The zero-order chi connectivity index (χ0) is 14.5. The van der Waals surface area contributed by atoms with Crippen LogP contribution in [0.1, 0.15) is 44.9 Å². The van der Waals surface area contributed by atoms with Crippen molar-refractivity contribution in [2.45, 2.75) is 68.5 Å². The van der Waals surface area contributed by atoms with Crippen LogP contribution in [0, 0.1) is 0 Å². The van der Waals surface area contributed by atoms with Gasteiger partial charge in [0.25, 0.3) is 0 Å². The lowest BCUT2D eigenvalue weighted by Gasteiger charge is -2.15. The first-order chi connectivity index (χ1) is 10.3. The quantitative estimate of drug-likeness (QED) is 0.817. The molecule has 0 radical (unpaired) electrons. The van der Waals surface area contributed by atoms with Gasteiger partial charge in [-0.25, -0.2) is 0 Å². The van der Waals surface area contributed by atoms with Crippen LogP contribution in [-0.2, 0) is 17.7 Å². The van der Waals surface area contributed by atoms with Crippen molar-refractivity contribution in [3.8, 4) is 0 Å². The Morgan fingerprint density at radius 1 is 1.33 bits per heavy atom. The maximum atomic E-state index is 5.63. The third-order valence-electron chi connectivity index (χ3n) is 4.21. The van der Waals surface area contributed by atoms with Gasteiger partial charge < -0.3 is 14.6 Å². The van der Waals surface area contributed by atoms with Gasteiger partial charge in [-0.15, -0.1) is 10.2 Å². The highest BCUT2D eigenvalue weighted by molar-refractivity contribution is 7.99. The van der Waals surface area contributed by atoms with E-state index in [0.717, 1.165) is 37.8 Å². The summed E-state index contributed by atoms with van der Waals surface area (Å²) in [4.78, 5) is 0. The smallest absolute Gasteiger partial charge is 0.191 e. The molecule has 2 aliphatic heterocycles. The van der Waals surface area contributed by atoms with Gasteiger partial charge >= 0.3 is 0 Å². The van der Waals surface area contributed by atoms with Crippen LogP contribution in [0.2, 0.25) is 0 Å². The molecule has 5 nitrogen and oxygen atoms in total. The van der Waals surface area contributed by atoms with E-state index in [-0.39, 0.29) is 0 Å². The topological polar surface area (TPSA) is 52.0 Å². The SMILES string of the molecule is CC(CNCC1CCCO1)Sc1nnc2n1CCCCC2. The van der Waals surface area contributed by atoms with E-state index in [2.05, 4.69) is 27.0 Å². The van der Waals surface area contributed by atoms with E-state index >= 15 is 0 Å². The molecule has 2 unspecified atom stereocenters. The average Bonchev–Trinajstić information content (AvgIpc) is 3.05. The Kier molecular flexibility index (Phi) is 5.55. The Bertz CT molecular complexity index is 445. The molecule has 1 N–H and O–H groups in total. The number of nitrogens with zero attached hydrogens (tertiary/aromatic N) is 3. The van der Waals surface area contributed by atoms with E-state index in [0.29, 0.717) is 11.4 Å².